The van der Waals surface area contributed by atoms with E-state index in [0.29, 0.717) is 22.4 Å². The number of aryl methyl sites for hydroxylation is 1. The summed E-state index contributed by atoms with van der Waals surface area (Å²) in [7, 11) is 0. The number of aliphatic carboxylic acids is 1. The summed E-state index contributed by atoms with van der Waals surface area (Å²) in [5.74, 6) is -2.09. The second-order valence-corrected chi connectivity index (χ2v) is 10.6. The van der Waals surface area contributed by atoms with Crippen molar-refractivity contribution in [2.45, 2.75) is 45.6 Å². The van der Waals surface area contributed by atoms with Gasteiger partial charge in [0.1, 0.15) is 6.04 Å². The van der Waals surface area contributed by atoms with Gasteiger partial charge in [-0.1, -0.05) is 19.9 Å². The van der Waals surface area contributed by atoms with Crippen LogP contribution >= 0.6 is 0 Å². The predicted octanol–water partition coefficient (Wildman–Crippen LogP) is 4.53. The van der Waals surface area contributed by atoms with Gasteiger partial charge in [0.2, 0.25) is 0 Å². The molecule has 1 aromatic heterocycles. The Morgan fingerprint density at radius 2 is 1.89 bits per heavy atom. The molecule has 8 nitrogen and oxygen atoms in total. The zero-order chi connectivity index (χ0) is 26.8. The van der Waals surface area contributed by atoms with E-state index in [1.165, 1.54) is 31.5 Å². The lowest BCUT2D eigenvalue weighted by Crippen LogP contribution is -2.44. The van der Waals surface area contributed by atoms with Crippen molar-refractivity contribution in [1.29, 1.82) is 0 Å². The Morgan fingerprint density at radius 3 is 2.63 bits per heavy atom. The van der Waals surface area contributed by atoms with E-state index in [2.05, 4.69) is 38.7 Å². The smallest absolute Gasteiger partial charge is 0.326 e. The molecule has 38 heavy (non-hydrogen) atoms. The highest BCUT2D eigenvalue weighted by molar-refractivity contribution is 6.35. The third-order valence-electron chi connectivity index (χ3n) is 7.43. The van der Waals surface area contributed by atoms with Crippen LogP contribution in [-0.4, -0.2) is 58.5 Å². The van der Waals surface area contributed by atoms with Gasteiger partial charge < -0.3 is 25.6 Å². The maximum atomic E-state index is 12.8. The SMILES string of the molecule is CC(C)C(NC(=O)c1ccc2c(c1)C(=Cc1cc3cc(CCCN4CCCC4)ccc3[nH]1)C(=O)N2)C(=O)O. The molecule has 1 unspecified atom stereocenters. The second kappa shape index (κ2) is 10.8. The highest BCUT2D eigenvalue weighted by Crippen LogP contribution is 2.34. The fraction of sp³-hybridized carbons (Fsp3) is 0.367. The summed E-state index contributed by atoms with van der Waals surface area (Å²) < 4.78 is 0. The topological polar surface area (TPSA) is 115 Å². The Kier molecular flexibility index (Phi) is 7.33. The number of nitrogens with one attached hydrogen (secondary N) is 3. The van der Waals surface area contributed by atoms with E-state index in [0.717, 1.165) is 36.0 Å². The number of fused-ring (bicyclic) bond motifs is 2. The first-order valence-electron chi connectivity index (χ1n) is 13.3. The number of rotatable bonds is 9. The van der Waals surface area contributed by atoms with Crippen molar-refractivity contribution >= 4 is 46.0 Å². The van der Waals surface area contributed by atoms with Gasteiger partial charge in [-0.15, -0.1) is 0 Å². The van der Waals surface area contributed by atoms with Crippen LogP contribution in [0.2, 0.25) is 0 Å². The van der Waals surface area contributed by atoms with E-state index >= 15 is 0 Å². The molecule has 2 aromatic carbocycles. The van der Waals surface area contributed by atoms with Crippen LogP contribution in [0.4, 0.5) is 5.69 Å². The molecule has 5 rings (SSSR count). The highest BCUT2D eigenvalue weighted by Gasteiger charge is 2.28. The van der Waals surface area contributed by atoms with Gasteiger partial charge in [-0.25, -0.2) is 4.79 Å². The molecule has 1 atom stereocenters. The number of aromatic amines is 1. The minimum atomic E-state index is -1.08. The number of carboxylic acid groups (broad SMARTS) is 1. The van der Waals surface area contributed by atoms with Gasteiger partial charge in [0.25, 0.3) is 11.8 Å². The van der Waals surface area contributed by atoms with Crippen molar-refractivity contribution in [3.05, 3.63) is 64.8 Å². The first-order chi connectivity index (χ1) is 18.3. The number of carbonyl (C=O) groups excluding carboxylic acids is 2. The molecule has 2 aliphatic rings. The monoisotopic (exact) mass is 514 g/mol. The van der Waals surface area contributed by atoms with Gasteiger partial charge in [-0.2, -0.15) is 0 Å². The van der Waals surface area contributed by atoms with E-state index in [-0.39, 0.29) is 11.8 Å². The molecule has 3 heterocycles. The molecule has 1 saturated heterocycles. The van der Waals surface area contributed by atoms with Crippen LogP contribution in [0.15, 0.2) is 42.5 Å². The van der Waals surface area contributed by atoms with Crippen LogP contribution in [-0.2, 0) is 16.0 Å². The van der Waals surface area contributed by atoms with Crippen LogP contribution in [0.5, 0.6) is 0 Å². The molecule has 1 fully saturated rings. The zero-order valence-electron chi connectivity index (χ0n) is 21.8. The average molecular weight is 515 g/mol. The lowest BCUT2D eigenvalue weighted by atomic mass is 10.0. The van der Waals surface area contributed by atoms with Gasteiger partial charge in [0.15, 0.2) is 0 Å². The van der Waals surface area contributed by atoms with E-state index in [1.54, 1.807) is 38.1 Å². The van der Waals surface area contributed by atoms with Gasteiger partial charge in [-0.3, -0.25) is 9.59 Å². The number of H-pyrrole nitrogens is 1. The van der Waals surface area contributed by atoms with Crippen molar-refractivity contribution in [3.63, 3.8) is 0 Å². The maximum Gasteiger partial charge on any atom is 0.326 e. The molecular weight excluding hydrogens is 480 g/mol. The Hall–Kier alpha value is -3.91. The van der Waals surface area contributed by atoms with Crippen molar-refractivity contribution in [2.24, 2.45) is 5.92 Å². The first-order valence-corrected chi connectivity index (χ1v) is 13.3. The van der Waals surface area contributed by atoms with E-state index in [1.807, 2.05) is 6.07 Å². The van der Waals surface area contributed by atoms with E-state index < -0.39 is 17.9 Å². The Labute approximate surface area is 222 Å². The molecule has 3 aromatic rings. The van der Waals surface area contributed by atoms with Crippen LogP contribution in [0.25, 0.3) is 22.6 Å². The summed E-state index contributed by atoms with van der Waals surface area (Å²) in [6, 6.07) is 12.4. The molecule has 0 bridgehead atoms. The quantitative estimate of drug-likeness (QED) is 0.313. The number of aromatic nitrogens is 1. The number of carbonyl (C=O) groups is 3. The number of anilines is 1. The molecule has 198 valence electrons. The minimum absolute atomic E-state index is 0.246. The Balaban J connectivity index is 1.34. The van der Waals surface area contributed by atoms with Gasteiger partial charge >= 0.3 is 5.97 Å². The van der Waals surface area contributed by atoms with Crippen molar-refractivity contribution in [2.75, 3.05) is 25.0 Å². The highest BCUT2D eigenvalue weighted by atomic mass is 16.4. The predicted molar refractivity (Wildman–Crippen MR) is 149 cm³/mol. The average Bonchev–Trinajstić information content (AvgIpc) is 3.61. The molecule has 2 aliphatic heterocycles. The van der Waals surface area contributed by atoms with E-state index in [4.69, 9.17) is 0 Å². The van der Waals surface area contributed by atoms with E-state index in [9.17, 15) is 19.5 Å². The lowest BCUT2D eigenvalue weighted by molar-refractivity contribution is -0.140. The fourth-order valence-electron chi connectivity index (χ4n) is 5.32. The molecule has 0 saturated carbocycles. The third kappa shape index (κ3) is 5.50. The summed E-state index contributed by atoms with van der Waals surface area (Å²) in [6.45, 7) is 7.06. The number of likely N-dealkylation sites (tertiary alicyclic amines) is 1. The standard InChI is InChI=1S/C30H34N4O4/c1-18(2)27(30(37)38)33-28(35)20-8-10-26-23(16-20)24(29(36)32-26)17-22-15-21-14-19(7-9-25(21)31-22)6-5-13-34-11-3-4-12-34/h7-10,14-18,27,31H,3-6,11-13H2,1-2H3,(H,32,36)(H,33,35)(H,37,38). The van der Waals surface area contributed by atoms with Gasteiger partial charge in [-0.05, 0) is 99.3 Å². The molecule has 0 spiro atoms. The summed E-state index contributed by atoms with van der Waals surface area (Å²) in [5, 5.41) is 15.9. The molecule has 2 amide bonds. The summed E-state index contributed by atoms with van der Waals surface area (Å²) in [5.41, 5.74) is 5.08. The number of nitrogens with zero attached hydrogens (tertiary/aromatic N) is 1. The summed E-state index contributed by atoms with van der Waals surface area (Å²) in [6.07, 6.45) is 6.60. The van der Waals surface area contributed by atoms with Crippen LogP contribution < -0.4 is 10.6 Å². The molecule has 4 N–H and O–H groups in total. The number of benzene rings is 2. The van der Waals surface area contributed by atoms with Crippen molar-refractivity contribution in [1.82, 2.24) is 15.2 Å². The van der Waals surface area contributed by atoms with Gasteiger partial charge in [0, 0.05) is 33.4 Å². The molecule has 8 heteroatoms. The normalized spacial score (nSPS) is 17.2. The van der Waals surface area contributed by atoms with Crippen molar-refractivity contribution < 1.29 is 19.5 Å². The second-order valence-electron chi connectivity index (χ2n) is 10.6. The summed E-state index contributed by atoms with van der Waals surface area (Å²) in [4.78, 5) is 43.0. The minimum Gasteiger partial charge on any atom is -0.480 e. The fourth-order valence-corrected chi connectivity index (χ4v) is 5.32. The first kappa shape index (κ1) is 25.7. The number of hydrogen-bond donors (Lipinski definition) is 4. The summed E-state index contributed by atoms with van der Waals surface area (Å²) >= 11 is 0. The van der Waals surface area contributed by atoms with Crippen LogP contribution in [0, 0.1) is 5.92 Å². The maximum absolute atomic E-state index is 12.8. The largest absolute Gasteiger partial charge is 0.480 e. The number of amides is 2. The number of hydrogen-bond acceptors (Lipinski definition) is 4. The zero-order valence-corrected chi connectivity index (χ0v) is 21.8. The van der Waals surface area contributed by atoms with Crippen LogP contribution in [0.1, 0.15) is 60.3 Å². The molecule has 0 radical (unpaired) electrons. The third-order valence-corrected chi connectivity index (χ3v) is 7.43. The molecule has 0 aliphatic carbocycles. The Bertz CT molecular complexity index is 1410. The lowest BCUT2D eigenvalue weighted by Gasteiger charge is -2.18. The molecular formula is C30H34N4O4. The van der Waals surface area contributed by atoms with Crippen molar-refractivity contribution in [3.8, 4) is 0 Å². The van der Waals surface area contributed by atoms with Gasteiger partial charge in [0.05, 0.1) is 5.57 Å². The Morgan fingerprint density at radius 1 is 1.11 bits per heavy atom. The van der Waals surface area contributed by atoms with Crippen LogP contribution in [0.3, 0.4) is 0 Å². The number of carboxylic acids is 1.